The van der Waals surface area contributed by atoms with Gasteiger partial charge in [-0.15, -0.1) is 11.6 Å². The molecule has 2 N–H and O–H groups in total. The number of anilines is 1. The van der Waals surface area contributed by atoms with Crippen LogP contribution in [0.15, 0.2) is 18.2 Å². The van der Waals surface area contributed by atoms with Gasteiger partial charge in [-0.2, -0.15) is 0 Å². The number of hydrogen-bond donors (Lipinski definition) is 2. The van der Waals surface area contributed by atoms with Crippen molar-refractivity contribution < 1.29 is 19.1 Å². The molecular weight excluding hydrogens is 225 g/mol. The lowest BCUT2D eigenvalue weighted by Crippen LogP contribution is -2.15. The topological polar surface area (TPSA) is 66.4 Å². The minimum atomic E-state index is -1.25. The lowest BCUT2D eigenvalue weighted by atomic mass is 10.1. The molecule has 80 valence electrons. The molecule has 0 atom stereocenters. The van der Waals surface area contributed by atoms with Gasteiger partial charge in [0, 0.05) is 0 Å². The van der Waals surface area contributed by atoms with Crippen LogP contribution in [0.25, 0.3) is 0 Å². The van der Waals surface area contributed by atoms with E-state index < -0.39 is 17.7 Å². The van der Waals surface area contributed by atoms with Gasteiger partial charge >= 0.3 is 5.97 Å². The van der Waals surface area contributed by atoms with Crippen LogP contribution in [0.2, 0.25) is 0 Å². The number of nitrogens with one attached hydrogen (secondary N) is 1. The molecule has 0 aliphatic heterocycles. The van der Waals surface area contributed by atoms with Gasteiger partial charge in [0.05, 0.1) is 11.3 Å². The van der Waals surface area contributed by atoms with Crippen LogP contribution in [0.4, 0.5) is 10.1 Å². The molecule has 0 heterocycles. The van der Waals surface area contributed by atoms with E-state index in [9.17, 15) is 14.0 Å². The van der Waals surface area contributed by atoms with E-state index in [1.165, 1.54) is 0 Å². The van der Waals surface area contributed by atoms with Crippen molar-refractivity contribution in [2.24, 2.45) is 0 Å². The van der Waals surface area contributed by atoms with Crippen molar-refractivity contribution in [3.8, 4) is 0 Å². The van der Waals surface area contributed by atoms with Crippen molar-refractivity contribution in [2.45, 2.75) is 0 Å². The molecule has 0 radical (unpaired) electrons. The number of carboxylic acid groups (broad SMARTS) is 1. The molecule has 6 heteroatoms. The first kappa shape index (κ1) is 11.5. The maximum atomic E-state index is 12.8. The molecule has 0 saturated carbocycles. The second-order valence-electron chi connectivity index (χ2n) is 2.68. The highest BCUT2D eigenvalue weighted by molar-refractivity contribution is 6.29. The fourth-order valence-electron chi connectivity index (χ4n) is 0.990. The molecule has 1 rings (SSSR count). The van der Waals surface area contributed by atoms with Gasteiger partial charge in [0.1, 0.15) is 11.7 Å². The molecule has 1 aromatic rings. The average molecular weight is 232 g/mol. The van der Waals surface area contributed by atoms with Crippen molar-refractivity contribution in [2.75, 3.05) is 11.2 Å². The number of aromatic carboxylic acids is 1. The molecule has 0 aromatic heterocycles. The average Bonchev–Trinajstić information content (AvgIpc) is 2.17. The van der Waals surface area contributed by atoms with E-state index in [4.69, 9.17) is 16.7 Å². The summed E-state index contributed by atoms with van der Waals surface area (Å²) in [6.07, 6.45) is 0. The summed E-state index contributed by atoms with van der Waals surface area (Å²) in [6, 6.07) is 3.00. The molecule has 0 aliphatic rings. The van der Waals surface area contributed by atoms with Gasteiger partial charge in [0.15, 0.2) is 0 Å². The smallest absolute Gasteiger partial charge is 0.337 e. The summed E-state index contributed by atoms with van der Waals surface area (Å²) in [6.45, 7) is 0. The highest BCUT2D eigenvalue weighted by Gasteiger charge is 2.12. The predicted molar refractivity (Wildman–Crippen MR) is 52.7 cm³/mol. The van der Waals surface area contributed by atoms with Crippen molar-refractivity contribution in [3.05, 3.63) is 29.6 Å². The molecular formula is C9H7ClFNO3. The van der Waals surface area contributed by atoms with E-state index in [2.05, 4.69) is 5.32 Å². The van der Waals surface area contributed by atoms with E-state index in [-0.39, 0.29) is 17.1 Å². The molecule has 0 saturated heterocycles. The zero-order valence-electron chi connectivity index (χ0n) is 7.46. The zero-order chi connectivity index (χ0) is 11.4. The second-order valence-corrected chi connectivity index (χ2v) is 2.94. The third-order valence-electron chi connectivity index (χ3n) is 1.61. The number of halogens is 2. The quantitative estimate of drug-likeness (QED) is 0.778. The number of carbonyl (C=O) groups is 2. The molecule has 0 fully saturated rings. The summed E-state index contributed by atoms with van der Waals surface area (Å²) in [5.74, 6) is -2.80. The molecule has 0 aliphatic carbocycles. The number of alkyl halides is 1. The number of carboxylic acids is 1. The normalized spacial score (nSPS) is 9.73. The molecule has 4 nitrogen and oxygen atoms in total. The van der Waals surface area contributed by atoms with Gasteiger partial charge in [-0.1, -0.05) is 0 Å². The Morgan fingerprint density at radius 1 is 1.47 bits per heavy atom. The van der Waals surface area contributed by atoms with Gasteiger partial charge in [0.2, 0.25) is 5.91 Å². The monoisotopic (exact) mass is 231 g/mol. The second kappa shape index (κ2) is 4.75. The van der Waals surface area contributed by atoms with Crippen molar-refractivity contribution >= 4 is 29.2 Å². The van der Waals surface area contributed by atoms with Crippen LogP contribution in [-0.2, 0) is 4.79 Å². The minimum Gasteiger partial charge on any atom is -0.478 e. The van der Waals surface area contributed by atoms with Gasteiger partial charge in [-0.25, -0.2) is 9.18 Å². The number of amides is 1. The van der Waals surface area contributed by atoms with Crippen LogP contribution in [-0.4, -0.2) is 22.9 Å². The minimum absolute atomic E-state index is 0.104. The van der Waals surface area contributed by atoms with Crippen LogP contribution in [0.3, 0.4) is 0 Å². The Morgan fingerprint density at radius 3 is 2.67 bits per heavy atom. The highest BCUT2D eigenvalue weighted by Crippen LogP contribution is 2.17. The maximum Gasteiger partial charge on any atom is 0.337 e. The van der Waals surface area contributed by atoms with Crippen molar-refractivity contribution in [1.29, 1.82) is 0 Å². The third-order valence-corrected chi connectivity index (χ3v) is 1.85. The number of rotatable bonds is 3. The number of carbonyl (C=O) groups excluding carboxylic acids is 1. The Balaban J connectivity index is 3.07. The van der Waals surface area contributed by atoms with Crippen LogP contribution < -0.4 is 5.32 Å². The Hall–Kier alpha value is -1.62. The summed E-state index contributed by atoms with van der Waals surface area (Å²) < 4.78 is 12.8. The first-order valence-corrected chi connectivity index (χ1v) is 4.46. The zero-order valence-corrected chi connectivity index (χ0v) is 8.21. The van der Waals surface area contributed by atoms with E-state index in [1.54, 1.807) is 0 Å². The molecule has 15 heavy (non-hydrogen) atoms. The maximum absolute atomic E-state index is 12.8. The Bertz CT molecular complexity index is 408. The van der Waals surface area contributed by atoms with Gasteiger partial charge in [-0.3, -0.25) is 4.79 Å². The van der Waals surface area contributed by atoms with E-state index >= 15 is 0 Å². The molecule has 1 amide bonds. The SMILES string of the molecule is O=C(CCl)Nc1cc(F)ccc1C(=O)O. The summed E-state index contributed by atoms with van der Waals surface area (Å²) in [4.78, 5) is 21.6. The summed E-state index contributed by atoms with van der Waals surface area (Å²) in [5.41, 5.74) is -0.289. The molecule has 0 bridgehead atoms. The number of hydrogen-bond acceptors (Lipinski definition) is 2. The first-order chi connectivity index (χ1) is 7.04. The van der Waals surface area contributed by atoms with E-state index in [0.29, 0.717) is 0 Å². The van der Waals surface area contributed by atoms with E-state index in [0.717, 1.165) is 18.2 Å². The summed E-state index contributed by atoms with van der Waals surface area (Å²) in [5, 5.41) is 10.9. The fraction of sp³-hybridized carbons (Fsp3) is 0.111. The van der Waals surface area contributed by atoms with E-state index in [1.807, 2.05) is 0 Å². The van der Waals surface area contributed by atoms with Gasteiger partial charge < -0.3 is 10.4 Å². The van der Waals surface area contributed by atoms with Gasteiger partial charge in [-0.05, 0) is 18.2 Å². The third kappa shape index (κ3) is 2.92. The van der Waals surface area contributed by atoms with Crippen LogP contribution >= 0.6 is 11.6 Å². The first-order valence-electron chi connectivity index (χ1n) is 3.93. The van der Waals surface area contributed by atoms with Crippen LogP contribution in [0.1, 0.15) is 10.4 Å². The molecule has 1 aromatic carbocycles. The Morgan fingerprint density at radius 2 is 2.13 bits per heavy atom. The fourth-order valence-corrected chi connectivity index (χ4v) is 1.06. The van der Waals surface area contributed by atoms with Crippen molar-refractivity contribution in [3.63, 3.8) is 0 Å². The summed E-state index contributed by atoms with van der Waals surface area (Å²) in [7, 11) is 0. The number of benzene rings is 1. The van der Waals surface area contributed by atoms with Crippen LogP contribution in [0.5, 0.6) is 0 Å². The predicted octanol–water partition coefficient (Wildman–Crippen LogP) is 1.70. The lowest BCUT2D eigenvalue weighted by Gasteiger charge is -2.06. The standard InChI is InChI=1S/C9H7ClFNO3/c10-4-8(13)12-7-3-5(11)1-2-6(7)9(14)15/h1-3H,4H2,(H,12,13)(H,14,15). The highest BCUT2D eigenvalue weighted by atomic mass is 35.5. The largest absolute Gasteiger partial charge is 0.478 e. The Labute approximate surface area is 89.7 Å². The molecule has 0 spiro atoms. The molecule has 0 unspecified atom stereocenters. The lowest BCUT2D eigenvalue weighted by molar-refractivity contribution is -0.113. The van der Waals surface area contributed by atoms with Crippen LogP contribution in [0, 0.1) is 5.82 Å². The summed E-state index contributed by atoms with van der Waals surface area (Å²) >= 11 is 5.22. The Kier molecular flexibility index (Phi) is 3.62. The van der Waals surface area contributed by atoms with Crippen molar-refractivity contribution in [1.82, 2.24) is 0 Å². The van der Waals surface area contributed by atoms with Gasteiger partial charge in [0.25, 0.3) is 0 Å².